The van der Waals surface area contributed by atoms with Crippen LogP contribution in [0.4, 0.5) is 4.79 Å². The number of hydrogen-bond acceptors (Lipinski definition) is 9. The van der Waals surface area contributed by atoms with Crippen LogP contribution in [0.5, 0.6) is 0 Å². The number of carbonyl (C=O) groups is 1. The van der Waals surface area contributed by atoms with E-state index in [9.17, 15) is 4.79 Å². The van der Waals surface area contributed by atoms with Gasteiger partial charge in [0.2, 0.25) is 12.3 Å². The van der Waals surface area contributed by atoms with Gasteiger partial charge in [-0.05, 0) is 55.8 Å². The third-order valence-corrected chi connectivity index (χ3v) is 8.62. The number of amides is 1. The number of benzene rings is 2. The first-order valence-electron chi connectivity index (χ1n) is 14.4. The molecular formula is C31H40N4O5S. The molecule has 1 aromatic heterocycles. The van der Waals surface area contributed by atoms with Gasteiger partial charge in [0.15, 0.2) is 6.29 Å². The first-order chi connectivity index (χ1) is 20.0. The van der Waals surface area contributed by atoms with Crippen LogP contribution in [0.1, 0.15) is 32.3 Å². The monoisotopic (exact) mass is 580 g/mol. The number of rotatable bonds is 10. The van der Waals surface area contributed by atoms with Gasteiger partial charge in [-0.1, -0.05) is 55.8 Å². The van der Waals surface area contributed by atoms with E-state index >= 15 is 0 Å². The summed E-state index contributed by atoms with van der Waals surface area (Å²) in [6.45, 7) is 10.1. The van der Waals surface area contributed by atoms with Crippen LogP contribution in [-0.2, 0) is 14.2 Å². The summed E-state index contributed by atoms with van der Waals surface area (Å²) in [4.78, 5) is 13.6. The molecule has 1 N–H and O–H groups in total. The summed E-state index contributed by atoms with van der Waals surface area (Å²) in [6, 6.07) is 18.3. The third-order valence-electron chi connectivity index (χ3n) is 7.57. The Morgan fingerprint density at radius 1 is 1.12 bits per heavy atom. The minimum absolute atomic E-state index is 0.100. The van der Waals surface area contributed by atoms with Crippen LogP contribution in [0, 0.1) is 30.6 Å². The molecule has 3 aromatic rings. The number of aromatic nitrogens is 2. The Balaban J connectivity index is 0.000000423. The van der Waals surface area contributed by atoms with Crippen LogP contribution < -0.4 is 5.32 Å². The van der Waals surface area contributed by atoms with Gasteiger partial charge in [-0.15, -0.1) is 10.2 Å². The van der Waals surface area contributed by atoms with Crippen molar-refractivity contribution in [2.24, 2.45) is 23.7 Å². The van der Waals surface area contributed by atoms with Gasteiger partial charge in [-0.25, -0.2) is 9.10 Å². The Labute approximate surface area is 246 Å². The quantitative estimate of drug-likeness (QED) is 0.235. The molecule has 1 aliphatic carbocycles. The first-order valence-corrected chi connectivity index (χ1v) is 15.2. The maximum absolute atomic E-state index is 12.5. The molecule has 0 spiro atoms. The molecule has 5 atom stereocenters. The highest BCUT2D eigenvalue weighted by Crippen LogP contribution is 2.49. The summed E-state index contributed by atoms with van der Waals surface area (Å²) >= 11 is 1.70. The highest BCUT2D eigenvalue weighted by atomic mass is 32.2. The van der Waals surface area contributed by atoms with Gasteiger partial charge in [0.05, 0.1) is 13.2 Å². The highest BCUT2D eigenvalue weighted by molar-refractivity contribution is 7.97. The first kappa shape index (κ1) is 29.6. The van der Waals surface area contributed by atoms with Gasteiger partial charge in [0, 0.05) is 47.8 Å². The van der Waals surface area contributed by atoms with Crippen molar-refractivity contribution in [1.29, 1.82) is 0 Å². The van der Waals surface area contributed by atoms with Gasteiger partial charge < -0.3 is 23.9 Å². The standard InChI is InChI=1S/C24H32N4O5S.C7H8/c1-15(2)11-28(34-18-6-3-5-16(9-18)22-27-26-14-32-22)8-4-7-25-24(29)33-21-17-10-19-20(21)13-31-23(19)30-12-17;1-7-5-3-2-4-6-7/h3,5-6,9,14-15,17,19-21,23H,4,7-8,10-13H2,1-2H3,(H,25,29);2-6H,1H3. The van der Waals surface area contributed by atoms with Gasteiger partial charge in [0.1, 0.15) is 6.10 Å². The second-order valence-electron chi connectivity index (χ2n) is 11.3. The number of alkyl carbamates (subject to hydrolysis) is 1. The molecular weight excluding hydrogens is 540 g/mol. The second-order valence-corrected chi connectivity index (χ2v) is 12.5. The SMILES string of the molecule is CC(C)CN(CCCNC(=O)OC1C2COC3OCC1C3C2)Sc1cccc(-c2nnco2)c1.Cc1ccccc1. The number of ether oxygens (including phenoxy) is 3. The maximum atomic E-state index is 12.5. The minimum Gasteiger partial charge on any atom is -0.445 e. The summed E-state index contributed by atoms with van der Waals surface area (Å²) in [7, 11) is 0. The smallest absolute Gasteiger partial charge is 0.407 e. The lowest BCUT2D eigenvalue weighted by atomic mass is 9.98. The van der Waals surface area contributed by atoms with Gasteiger partial charge >= 0.3 is 6.09 Å². The predicted octanol–water partition coefficient (Wildman–Crippen LogP) is 5.82. The molecule has 9 nitrogen and oxygen atoms in total. The normalized spacial score (nSPS) is 24.3. The highest BCUT2D eigenvalue weighted by Gasteiger charge is 2.56. The number of fused-ring (bicyclic) bond motifs is 1. The topological polar surface area (TPSA) is 99.0 Å². The number of nitrogens with one attached hydrogen (secondary N) is 1. The zero-order valence-corrected chi connectivity index (χ0v) is 24.8. The largest absolute Gasteiger partial charge is 0.445 e. The van der Waals surface area contributed by atoms with Crippen LogP contribution in [0.2, 0.25) is 0 Å². The van der Waals surface area contributed by atoms with E-state index in [4.69, 9.17) is 18.6 Å². The Kier molecular flexibility index (Phi) is 10.3. The molecule has 5 unspecified atom stereocenters. The summed E-state index contributed by atoms with van der Waals surface area (Å²) in [5.74, 6) is 1.96. The molecule has 1 saturated carbocycles. The number of hydrogen-bond donors (Lipinski definition) is 1. The van der Waals surface area contributed by atoms with Crippen LogP contribution in [0.15, 0.2) is 70.3 Å². The zero-order chi connectivity index (χ0) is 28.6. The van der Waals surface area contributed by atoms with Crippen LogP contribution in [-0.4, -0.2) is 65.8 Å². The second kappa shape index (κ2) is 14.3. The summed E-state index contributed by atoms with van der Waals surface area (Å²) in [5.41, 5.74) is 2.22. The molecule has 3 aliphatic rings. The number of nitrogens with zero attached hydrogens (tertiary/aromatic N) is 3. The average Bonchev–Trinajstić information content (AvgIpc) is 3.69. The van der Waals surface area contributed by atoms with Crippen LogP contribution in [0.25, 0.3) is 11.5 Å². The van der Waals surface area contributed by atoms with Crippen LogP contribution >= 0.6 is 11.9 Å². The van der Waals surface area contributed by atoms with Crippen molar-refractivity contribution in [2.45, 2.75) is 50.9 Å². The molecule has 220 valence electrons. The van der Waals surface area contributed by atoms with E-state index in [1.807, 2.05) is 30.3 Å². The van der Waals surface area contributed by atoms with Crippen molar-refractivity contribution in [1.82, 2.24) is 19.8 Å². The molecule has 10 heteroatoms. The Hall–Kier alpha value is -2.92. The van der Waals surface area contributed by atoms with Crippen molar-refractivity contribution in [3.63, 3.8) is 0 Å². The number of aryl methyl sites for hydroxylation is 1. The van der Waals surface area contributed by atoms with Crippen molar-refractivity contribution < 1.29 is 23.4 Å². The lowest BCUT2D eigenvalue weighted by Crippen LogP contribution is -2.37. The summed E-state index contributed by atoms with van der Waals surface area (Å²) < 4.78 is 24.9. The Bertz CT molecular complexity index is 1230. The molecule has 1 amide bonds. The molecule has 41 heavy (non-hydrogen) atoms. The fraction of sp³-hybridized carbons (Fsp3) is 0.516. The van der Waals surface area contributed by atoms with E-state index in [0.717, 1.165) is 36.4 Å². The third kappa shape index (κ3) is 8.09. The molecule has 0 radical (unpaired) electrons. The molecule has 2 aliphatic heterocycles. The molecule has 2 saturated heterocycles. The Morgan fingerprint density at radius 3 is 2.68 bits per heavy atom. The van der Waals surface area contributed by atoms with Crippen molar-refractivity contribution >= 4 is 18.0 Å². The summed E-state index contributed by atoms with van der Waals surface area (Å²) in [5, 5.41) is 10.7. The van der Waals surface area contributed by atoms with Crippen molar-refractivity contribution in [3.05, 3.63) is 66.6 Å². The van der Waals surface area contributed by atoms with Crippen molar-refractivity contribution in [3.8, 4) is 11.5 Å². The fourth-order valence-corrected chi connectivity index (χ4v) is 6.92. The molecule has 2 bridgehead atoms. The van der Waals surface area contributed by atoms with Gasteiger partial charge in [-0.3, -0.25) is 0 Å². The van der Waals surface area contributed by atoms with E-state index < -0.39 is 0 Å². The lowest BCUT2D eigenvalue weighted by Gasteiger charge is -2.27. The summed E-state index contributed by atoms with van der Waals surface area (Å²) in [6.07, 6.45) is 2.65. The van der Waals surface area contributed by atoms with E-state index in [1.54, 1.807) is 11.9 Å². The zero-order valence-electron chi connectivity index (χ0n) is 24.0. The fourth-order valence-electron chi connectivity index (χ4n) is 5.71. The Morgan fingerprint density at radius 2 is 1.95 bits per heavy atom. The molecule has 6 rings (SSSR count). The van der Waals surface area contributed by atoms with Crippen molar-refractivity contribution in [2.75, 3.05) is 32.8 Å². The molecule has 3 fully saturated rings. The van der Waals surface area contributed by atoms with E-state index in [-0.39, 0.29) is 24.4 Å². The van der Waals surface area contributed by atoms with E-state index in [2.05, 4.69) is 64.9 Å². The molecule has 2 aromatic carbocycles. The number of carbonyl (C=O) groups excluding carboxylic acids is 1. The predicted molar refractivity (Wildman–Crippen MR) is 157 cm³/mol. The van der Waals surface area contributed by atoms with Crippen LogP contribution in [0.3, 0.4) is 0 Å². The lowest BCUT2D eigenvalue weighted by molar-refractivity contribution is -0.169. The van der Waals surface area contributed by atoms with E-state index in [0.29, 0.717) is 43.4 Å². The van der Waals surface area contributed by atoms with Gasteiger partial charge in [0.25, 0.3) is 0 Å². The maximum Gasteiger partial charge on any atom is 0.407 e. The van der Waals surface area contributed by atoms with E-state index in [1.165, 1.54) is 12.0 Å². The minimum atomic E-state index is -0.337. The average molecular weight is 581 g/mol. The molecule has 3 heterocycles. The van der Waals surface area contributed by atoms with Gasteiger partial charge in [-0.2, -0.15) is 0 Å².